The normalized spacial score (nSPS) is 27.5. The van der Waals surface area contributed by atoms with Crippen molar-refractivity contribution < 1.29 is 14.3 Å². The van der Waals surface area contributed by atoms with Crippen LogP contribution in [-0.4, -0.2) is 38.4 Å². The smallest absolute Gasteiger partial charge is 0.339 e. The Morgan fingerprint density at radius 2 is 2.05 bits per heavy atom. The van der Waals surface area contributed by atoms with E-state index in [2.05, 4.69) is 26.1 Å². The van der Waals surface area contributed by atoms with Crippen molar-refractivity contribution in [2.45, 2.75) is 46.1 Å². The molecule has 0 aromatic carbocycles. The largest absolute Gasteiger partial charge is 0.467 e. The number of esters is 1. The van der Waals surface area contributed by atoms with Gasteiger partial charge in [-0.1, -0.05) is 27.7 Å². The number of nitrogens with one attached hydrogen (secondary N) is 1. The van der Waals surface area contributed by atoms with Crippen molar-refractivity contribution in [2.75, 3.05) is 26.8 Å². The SMILES string of the molecule is CCCO[C@]1(C(=O)OC)CNC[C@H](C(C)(C)C)C1.Cl. The highest BCUT2D eigenvalue weighted by molar-refractivity contribution is 5.85. The van der Waals surface area contributed by atoms with Gasteiger partial charge < -0.3 is 14.8 Å². The van der Waals surface area contributed by atoms with Crippen LogP contribution in [0.15, 0.2) is 0 Å². The molecule has 1 heterocycles. The summed E-state index contributed by atoms with van der Waals surface area (Å²) in [7, 11) is 1.43. The Kier molecular flexibility index (Phi) is 7.33. The van der Waals surface area contributed by atoms with Crippen molar-refractivity contribution in [2.24, 2.45) is 11.3 Å². The average Bonchev–Trinajstić information content (AvgIpc) is 2.34. The molecule has 0 spiro atoms. The highest BCUT2D eigenvalue weighted by Gasteiger charge is 2.47. The molecular formula is C14H28ClNO3. The highest BCUT2D eigenvalue weighted by Crippen LogP contribution is 2.36. The standard InChI is InChI=1S/C14H27NO3.ClH/c1-6-7-18-14(12(16)17-5)8-11(9-15-10-14)13(2,3)4;/h11,15H,6-10H2,1-5H3;1H/t11-,14+;/m1./s1. The van der Waals surface area contributed by atoms with E-state index >= 15 is 0 Å². The first-order valence-electron chi connectivity index (χ1n) is 6.79. The van der Waals surface area contributed by atoms with Gasteiger partial charge in [0.15, 0.2) is 5.60 Å². The van der Waals surface area contributed by atoms with Gasteiger partial charge in [0.25, 0.3) is 0 Å². The molecule has 0 unspecified atom stereocenters. The maximum absolute atomic E-state index is 12.1. The van der Waals surface area contributed by atoms with Gasteiger partial charge in [-0.2, -0.15) is 0 Å². The van der Waals surface area contributed by atoms with Crippen LogP contribution in [0.3, 0.4) is 0 Å². The summed E-state index contributed by atoms with van der Waals surface area (Å²) in [4.78, 5) is 12.1. The second-order valence-corrected chi connectivity index (χ2v) is 6.23. The van der Waals surface area contributed by atoms with E-state index in [9.17, 15) is 4.79 Å². The molecule has 1 aliphatic heterocycles. The topological polar surface area (TPSA) is 47.6 Å². The zero-order chi connectivity index (χ0) is 13.8. The van der Waals surface area contributed by atoms with Gasteiger partial charge in [0.05, 0.1) is 7.11 Å². The Bertz CT molecular complexity index is 291. The predicted molar refractivity (Wildman–Crippen MR) is 78.7 cm³/mol. The second kappa shape index (κ2) is 7.46. The summed E-state index contributed by atoms with van der Waals surface area (Å²) < 4.78 is 10.8. The van der Waals surface area contributed by atoms with E-state index in [1.54, 1.807) is 0 Å². The molecule has 0 amide bonds. The van der Waals surface area contributed by atoms with Gasteiger partial charge in [-0.15, -0.1) is 12.4 Å². The van der Waals surface area contributed by atoms with Gasteiger partial charge in [0, 0.05) is 13.2 Å². The van der Waals surface area contributed by atoms with Gasteiger partial charge in [-0.25, -0.2) is 4.79 Å². The zero-order valence-electron chi connectivity index (χ0n) is 12.7. The van der Waals surface area contributed by atoms with Crippen LogP contribution in [0.5, 0.6) is 0 Å². The molecule has 1 fully saturated rings. The molecule has 0 bridgehead atoms. The minimum atomic E-state index is -0.805. The predicted octanol–water partition coefficient (Wildman–Crippen LogP) is 2.40. The van der Waals surface area contributed by atoms with Gasteiger partial charge >= 0.3 is 5.97 Å². The minimum absolute atomic E-state index is 0. The Hall–Kier alpha value is -0.320. The lowest BCUT2D eigenvalue weighted by Gasteiger charge is -2.43. The molecule has 0 aromatic rings. The van der Waals surface area contributed by atoms with Crippen molar-refractivity contribution in [3.8, 4) is 0 Å². The van der Waals surface area contributed by atoms with Crippen molar-refractivity contribution in [1.82, 2.24) is 5.32 Å². The number of halogens is 1. The summed E-state index contributed by atoms with van der Waals surface area (Å²) >= 11 is 0. The first-order chi connectivity index (χ1) is 8.35. The summed E-state index contributed by atoms with van der Waals surface area (Å²) in [6.45, 7) is 10.7. The van der Waals surface area contributed by atoms with Crippen LogP contribution < -0.4 is 5.32 Å². The van der Waals surface area contributed by atoms with Crippen molar-refractivity contribution in [3.05, 3.63) is 0 Å². The molecule has 0 saturated carbocycles. The number of hydrogen-bond donors (Lipinski definition) is 1. The molecule has 1 saturated heterocycles. The fourth-order valence-electron chi connectivity index (χ4n) is 2.41. The summed E-state index contributed by atoms with van der Waals surface area (Å²) in [5, 5.41) is 3.33. The van der Waals surface area contributed by atoms with E-state index in [0.29, 0.717) is 19.1 Å². The number of hydrogen-bond acceptors (Lipinski definition) is 4. The maximum atomic E-state index is 12.1. The van der Waals surface area contributed by atoms with Gasteiger partial charge in [0.2, 0.25) is 0 Å². The van der Waals surface area contributed by atoms with Crippen LogP contribution in [0.25, 0.3) is 0 Å². The number of methoxy groups -OCH3 is 1. The molecule has 1 rings (SSSR count). The molecule has 114 valence electrons. The number of rotatable bonds is 4. The molecule has 2 atom stereocenters. The van der Waals surface area contributed by atoms with Crippen LogP contribution in [0.2, 0.25) is 0 Å². The minimum Gasteiger partial charge on any atom is -0.467 e. The molecule has 0 radical (unpaired) electrons. The molecule has 5 heteroatoms. The third-order valence-corrected chi connectivity index (χ3v) is 3.74. The molecule has 19 heavy (non-hydrogen) atoms. The first kappa shape index (κ1) is 18.7. The van der Waals surface area contributed by atoms with Crippen molar-refractivity contribution in [1.29, 1.82) is 0 Å². The Balaban J connectivity index is 0.00000324. The monoisotopic (exact) mass is 293 g/mol. The summed E-state index contributed by atoms with van der Waals surface area (Å²) in [5.41, 5.74) is -0.650. The maximum Gasteiger partial charge on any atom is 0.339 e. The van der Waals surface area contributed by atoms with Crippen molar-refractivity contribution >= 4 is 18.4 Å². The van der Waals surface area contributed by atoms with Gasteiger partial charge in [-0.3, -0.25) is 0 Å². The number of carbonyl (C=O) groups is 1. The highest BCUT2D eigenvalue weighted by atomic mass is 35.5. The van der Waals surface area contributed by atoms with Crippen LogP contribution >= 0.6 is 12.4 Å². The molecule has 1 aliphatic rings. The van der Waals surface area contributed by atoms with Crippen LogP contribution in [0.4, 0.5) is 0 Å². The zero-order valence-corrected chi connectivity index (χ0v) is 13.6. The molecule has 4 nitrogen and oxygen atoms in total. The Morgan fingerprint density at radius 1 is 1.42 bits per heavy atom. The third kappa shape index (κ3) is 4.62. The van der Waals surface area contributed by atoms with Crippen molar-refractivity contribution in [3.63, 3.8) is 0 Å². The summed E-state index contributed by atoms with van der Waals surface area (Å²) in [6, 6.07) is 0. The Morgan fingerprint density at radius 3 is 2.53 bits per heavy atom. The average molecular weight is 294 g/mol. The number of carbonyl (C=O) groups excluding carboxylic acids is 1. The van der Waals surface area contributed by atoms with E-state index in [4.69, 9.17) is 9.47 Å². The van der Waals surface area contributed by atoms with Gasteiger partial charge in [-0.05, 0) is 30.7 Å². The molecule has 1 N–H and O–H groups in total. The molecular weight excluding hydrogens is 266 g/mol. The Labute approximate surface area is 123 Å². The quantitative estimate of drug-likeness (QED) is 0.809. The van der Waals surface area contributed by atoms with E-state index in [0.717, 1.165) is 19.4 Å². The number of ether oxygens (including phenoxy) is 2. The summed E-state index contributed by atoms with van der Waals surface area (Å²) in [6.07, 6.45) is 1.63. The van der Waals surface area contributed by atoms with E-state index in [1.807, 2.05) is 6.92 Å². The lowest BCUT2D eigenvalue weighted by molar-refractivity contribution is -0.176. The van der Waals surface area contributed by atoms with E-state index in [-0.39, 0.29) is 23.8 Å². The van der Waals surface area contributed by atoms with E-state index < -0.39 is 5.60 Å². The fraction of sp³-hybridized carbons (Fsp3) is 0.929. The number of piperidine rings is 1. The van der Waals surface area contributed by atoms with Crippen LogP contribution in [0.1, 0.15) is 40.5 Å². The lowest BCUT2D eigenvalue weighted by Crippen LogP contribution is -2.58. The van der Waals surface area contributed by atoms with E-state index in [1.165, 1.54) is 7.11 Å². The van der Waals surface area contributed by atoms with Gasteiger partial charge in [0.1, 0.15) is 0 Å². The molecule has 0 aliphatic carbocycles. The first-order valence-corrected chi connectivity index (χ1v) is 6.79. The fourth-order valence-corrected chi connectivity index (χ4v) is 2.41. The lowest BCUT2D eigenvalue weighted by atomic mass is 9.72. The molecule has 0 aromatic heterocycles. The second-order valence-electron chi connectivity index (χ2n) is 6.23. The van der Waals surface area contributed by atoms with Crippen LogP contribution in [-0.2, 0) is 14.3 Å². The third-order valence-electron chi connectivity index (χ3n) is 3.74. The van der Waals surface area contributed by atoms with Crippen LogP contribution in [0, 0.1) is 11.3 Å². The summed E-state index contributed by atoms with van der Waals surface area (Å²) in [5.74, 6) is 0.152.